The zero-order chi connectivity index (χ0) is 19.2. The molecule has 0 radical (unpaired) electrons. The van der Waals surface area contributed by atoms with E-state index in [0.29, 0.717) is 0 Å². The van der Waals surface area contributed by atoms with E-state index in [1.54, 1.807) is 24.3 Å². The zero-order valence-electron chi connectivity index (χ0n) is 13.6. The maximum Gasteiger partial charge on any atom is 0.416 e. The van der Waals surface area contributed by atoms with E-state index in [0.717, 1.165) is 17.7 Å². The SMILES string of the molecule is O=C(O)C[C@@H](NCc1ccccc1)C(=O)Nc1cccc(C(F)(F)F)c1. The Morgan fingerprint density at radius 1 is 1.04 bits per heavy atom. The van der Waals surface area contributed by atoms with Gasteiger partial charge in [-0.25, -0.2) is 0 Å². The van der Waals surface area contributed by atoms with Crippen LogP contribution in [0.2, 0.25) is 0 Å². The van der Waals surface area contributed by atoms with Gasteiger partial charge in [0.05, 0.1) is 18.0 Å². The predicted octanol–water partition coefficient (Wildman–Crippen LogP) is 3.28. The third kappa shape index (κ3) is 5.89. The van der Waals surface area contributed by atoms with E-state index in [9.17, 15) is 22.8 Å². The molecule has 0 aromatic heterocycles. The number of alkyl halides is 3. The molecule has 2 rings (SSSR count). The summed E-state index contributed by atoms with van der Waals surface area (Å²) in [6, 6.07) is 12.1. The van der Waals surface area contributed by atoms with Crippen LogP contribution in [0.25, 0.3) is 0 Å². The first kappa shape index (κ1) is 19.5. The van der Waals surface area contributed by atoms with Crippen molar-refractivity contribution >= 4 is 17.6 Å². The first-order chi connectivity index (χ1) is 12.3. The van der Waals surface area contributed by atoms with Gasteiger partial charge < -0.3 is 15.7 Å². The second kappa shape index (κ2) is 8.48. The van der Waals surface area contributed by atoms with E-state index < -0.39 is 36.1 Å². The molecule has 3 N–H and O–H groups in total. The van der Waals surface area contributed by atoms with Crippen LogP contribution in [0, 0.1) is 0 Å². The summed E-state index contributed by atoms with van der Waals surface area (Å²) in [5.41, 5.74) is -0.112. The number of aliphatic carboxylic acids is 1. The second-order valence-electron chi connectivity index (χ2n) is 5.58. The average molecular weight is 366 g/mol. The van der Waals surface area contributed by atoms with Crippen molar-refractivity contribution in [3.8, 4) is 0 Å². The molecule has 2 aromatic carbocycles. The molecule has 0 heterocycles. The highest BCUT2D eigenvalue weighted by Gasteiger charge is 2.30. The van der Waals surface area contributed by atoms with E-state index in [1.165, 1.54) is 12.1 Å². The molecule has 0 saturated carbocycles. The Kier molecular flexibility index (Phi) is 6.35. The van der Waals surface area contributed by atoms with Gasteiger partial charge in [-0.3, -0.25) is 9.59 Å². The molecule has 1 amide bonds. The van der Waals surface area contributed by atoms with Crippen molar-refractivity contribution in [1.82, 2.24) is 5.32 Å². The van der Waals surface area contributed by atoms with Crippen molar-refractivity contribution in [2.24, 2.45) is 0 Å². The summed E-state index contributed by atoms with van der Waals surface area (Å²) in [4.78, 5) is 23.3. The minimum absolute atomic E-state index is 0.0540. The summed E-state index contributed by atoms with van der Waals surface area (Å²) < 4.78 is 38.2. The van der Waals surface area contributed by atoms with Gasteiger partial charge in [0.25, 0.3) is 0 Å². The molecule has 26 heavy (non-hydrogen) atoms. The molecule has 0 aliphatic carbocycles. The number of amides is 1. The lowest BCUT2D eigenvalue weighted by Gasteiger charge is -2.17. The predicted molar refractivity (Wildman–Crippen MR) is 89.4 cm³/mol. The van der Waals surface area contributed by atoms with Crippen LogP contribution in [0.1, 0.15) is 17.5 Å². The highest BCUT2D eigenvalue weighted by molar-refractivity contribution is 5.96. The minimum Gasteiger partial charge on any atom is -0.481 e. The van der Waals surface area contributed by atoms with Gasteiger partial charge in [0.15, 0.2) is 0 Å². The Balaban J connectivity index is 2.07. The zero-order valence-corrected chi connectivity index (χ0v) is 13.6. The number of hydrogen-bond acceptors (Lipinski definition) is 3. The first-order valence-corrected chi connectivity index (χ1v) is 7.73. The monoisotopic (exact) mass is 366 g/mol. The second-order valence-corrected chi connectivity index (χ2v) is 5.58. The fraction of sp³-hybridized carbons (Fsp3) is 0.222. The average Bonchev–Trinajstić information content (AvgIpc) is 2.58. The Bertz CT molecular complexity index is 764. The van der Waals surface area contributed by atoms with Crippen molar-refractivity contribution in [3.05, 3.63) is 65.7 Å². The number of rotatable bonds is 7. The molecule has 0 saturated heterocycles. The molecule has 138 valence electrons. The molecule has 2 aromatic rings. The van der Waals surface area contributed by atoms with Crippen molar-refractivity contribution in [1.29, 1.82) is 0 Å². The van der Waals surface area contributed by atoms with Crippen LogP contribution >= 0.6 is 0 Å². The van der Waals surface area contributed by atoms with Crippen molar-refractivity contribution < 1.29 is 27.9 Å². The van der Waals surface area contributed by atoms with E-state index in [1.807, 2.05) is 6.07 Å². The highest BCUT2D eigenvalue weighted by Crippen LogP contribution is 2.30. The lowest BCUT2D eigenvalue weighted by Crippen LogP contribution is -2.41. The number of halogens is 3. The summed E-state index contributed by atoms with van der Waals surface area (Å²) in [5, 5.41) is 14.1. The topological polar surface area (TPSA) is 78.4 Å². The number of carbonyl (C=O) groups is 2. The Labute approximate surface area is 147 Å². The molecule has 0 unspecified atom stereocenters. The number of carboxylic acid groups (broad SMARTS) is 1. The van der Waals surface area contributed by atoms with Crippen LogP contribution in [0.4, 0.5) is 18.9 Å². The van der Waals surface area contributed by atoms with Gasteiger partial charge in [-0.2, -0.15) is 13.2 Å². The lowest BCUT2D eigenvalue weighted by molar-refractivity contribution is -0.139. The molecule has 8 heteroatoms. The molecular formula is C18H17F3N2O3. The fourth-order valence-electron chi connectivity index (χ4n) is 2.27. The van der Waals surface area contributed by atoms with Crippen LogP contribution in [0.5, 0.6) is 0 Å². The van der Waals surface area contributed by atoms with Crippen molar-refractivity contribution in [2.75, 3.05) is 5.32 Å². The first-order valence-electron chi connectivity index (χ1n) is 7.73. The standard InChI is InChI=1S/C18H17F3N2O3/c19-18(20,21)13-7-4-8-14(9-13)23-17(26)15(10-16(24)25)22-11-12-5-2-1-3-6-12/h1-9,15,22H,10-11H2,(H,23,26)(H,24,25)/t15-/m1/s1. The van der Waals surface area contributed by atoms with E-state index >= 15 is 0 Å². The number of carbonyl (C=O) groups excluding carboxylic acids is 1. The Morgan fingerprint density at radius 3 is 2.35 bits per heavy atom. The van der Waals surface area contributed by atoms with Gasteiger partial charge in [-0.1, -0.05) is 36.4 Å². The van der Waals surface area contributed by atoms with Crippen LogP contribution < -0.4 is 10.6 Å². The fourth-order valence-corrected chi connectivity index (χ4v) is 2.27. The van der Waals surface area contributed by atoms with E-state index in [4.69, 9.17) is 5.11 Å². The highest BCUT2D eigenvalue weighted by atomic mass is 19.4. The molecular weight excluding hydrogens is 349 g/mol. The number of carboxylic acids is 1. The summed E-state index contributed by atoms with van der Waals surface area (Å²) in [6.07, 6.45) is -5.04. The molecule has 5 nitrogen and oxygen atoms in total. The number of hydrogen-bond donors (Lipinski definition) is 3. The van der Waals surface area contributed by atoms with Gasteiger partial charge in [0.1, 0.15) is 0 Å². The van der Waals surface area contributed by atoms with Gasteiger partial charge in [-0.05, 0) is 23.8 Å². The maximum absolute atomic E-state index is 12.7. The van der Waals surface area contributed by atoms with Gasteiger partial charge >= 0.3 is 12.1 Å². The van der Waals surface area contributed by atoms with Crippen molar-refractivity contribution in [2.45, 2.75) is 25.2 Å². The van der Waals surface area contributed by atoms with E-state index in [-0.39, 0.29) is 12.2 Å². The molecule has 0 spiro atoms. The Morgan fingerprint density at radius 2 is 1.73 bits per heavy atom. The molecule has 0 aliphatic heterocycles. The third-order valence-corrected chi connectivity index (χ3v) is 3.55. The molecule has 1 atom stereocenters. The Hall–Kier alpha value is -2.87. The van der Waals surface area contributed by atoms with Gasteiger partial charge in [0, 0.05) is 12.2 Å². The molecule has 0 aliphatic rings. The van der Waals surface area contributed by atoms with Crippen LogP contribution in [-0.4, -0.2) is 23.0 Å². The summed E-state index contributed by atoms with van der Waals surface area (Å²) in [5.74, 6) is -1.92. The van der Waals surface area contributed by atoms with Gasteiger partial charge in [-0.15, -0.1) is 0 Å². The van der Waals surface area contributed by atoms with Crippen LogP contribution in [0.3, 0.4) is 0 Å². The van der Waals surface area contributed by atoms with Crippen LogP contribution in [0.15, 0.2) is 54.6 Å². The quantitative estimate of drug-likeness (QED) is 0.703. The number of nitrogens with one attached hydrogen (secondary N) is 2. The number of anilines is 1. The molecule has 0 fully saturated rings. The van der Waals surface area contributed by atoms with Crippen LogP contribution in [-0.2, 0) is 22.3 Å². The molecule has 0 bridgehead atoms. The number of benzene rings is 2. The van der Waals surface area contributed by atoms with Crippen molar-refractivity contribution in [3.63, 3.8) is 0 Å². The largest absolute Gasteiger partial charge is 0.481 e. The summed E-state index contributed by atoms with van der Waals surface area (Å²) in [7, 11) is 0. The summed E-state index contributed by atoms with van der Waals surface area (Å²) >= 11 is 0. The van der Waals surface area contributed by atoms with Gasteiger partial charge in [0.2, 0.25) is 5.91 Å². The smallest absolute Gasteiger partial charge is 0.416 e. The summed E-state index contributed by atoms with van der Waals surface area (Å²) in [6.45, 7) is 0.245. The normalized spacial score (nSPS) is 12.4. The van der Waals surface area contributed by atoms with E-state index in [2.05, 4.69) is 10.6 Å². The minimum atomic E-state index is -4.53. The lowest BCUT2D eigenvalue weighted by atomic mass is 10.1. The third-order valence-electron chi connectivity index (χ3n) is 3.55. The maximum atomic E-state index is 12.7.